The van der Waals surface area contributed by atoms with Gasteiger partial charge in [0, 0.05) is 17.5 Å². The zero-order chi connectivity index (χ0) is 28.6. The number of hydroxylamine groups is 2. The molecule has 4 unspecified atom stereocenters. The largest absolute Gasteiger partial charge is 0.458 e. The molecule has 0 amide bonds. The van der Waals surface area contributed by atoms with Crippen LogP contribution in [0, 0.1) is 34.5 Å². The van der Waals surface area contributed by atoms with E-state index >= 15 is 4.39 Å². The van der Waals surface area contributed by atoms with Gasteiger partial charge < -0.3 is 29.9 Å². The molecule has 5 fully saturated rings. The summed E-state index contributed by atoms with van der Waals surface area (Å²) < 4.78 is 26.2. The van der Waals surface area contributed by atoms with Gasteiger partial charge in [-0.2, -0.15) is 5.06 Å². The number of carbonyl (C=O) groups is 1. The predicted octanol–water partition coefficient (Wildman–Crippen LogP) is 2.25. The number of halogens is 1. The van der Waals surface area contributed by atoms with Crippen LogP contribution in [0.4, 0.5) is 4.39 Å². The number of ether oxygens (including phenoxy) is 2. The van der Waals surface area contributed by atoms with Gasteiger partial charge in [-0.15, -0.1) is 0 Å². The molecule has 13 atom stereocenters. The fraction of sp³-hybridized carbons (Fsp3) is 0.900. The number of carbonyl (C=O) groups excluding carboxylic acids is 1. The number of cyclic esters (lactones) is 1. The Kier molecular flexibility index (Phi) is 7.42. The molecule has 2 aliphatic heterocycles. The third kappa shape index (κ3) is 4.07. The number of hydrogen-bond donors (Lipinski definition) is 4. The third-order valence-corrected chi connectivity index (χ3v) is 12.6. The van der Waals surface area contributed by atoms with Gasteiger partial charge in [0.1, 0.15) is 24.9 Å². The van der Waals surface area contributed by atoms with Crippen molar-refractivity contribution in [2.75, 3.05) is 20.3 Å². The van der Waals surface area contributed by atoms with Crippen LogP contribution in [-0.4, -0.2) is 94.1 Å². The van der Waals surface area contributed by atoms with E-state index in [2.05, 4.69) is 13.8 Å². The van der Waals surface area contributed by atoms with E-state index in [4.69, 9.17) is 14.3 Å². The fourth-order valence-electron chi connectivity index (χ4n) is 10.3. The average Bonchev–Trinajstić information content (AvgIpc) is 3.48. The van der Waals surface area contributed by atoms with Crippen molar-refractivity contribution in [2.45, 2.75) is 114 Å². The Morgan fingerprint density at radius 1 is 1.07 bits per heavy atom. The molecule has 0 bridgehead atoms. The molecule has 6 aliphatic rings. The van der Waals surface area contributed by atoms with E-state index in [1.165, 1.54) is 12.2 Å². The number of nitrogens with zero attached hydrogens (tertiary/aromatic N) is 1. The highest BCUT2D eigenvalue weighted by Crippen LogP contribution is 2.70. The zero-order valence-corrected chi connectivity index (χ0v) is 23.9. The van der Waals surface area contributed by atoms with Gasteiger partial charge in [-0.25, -0.2) is 9.18 Å². The topological polar surface area (TPSA) is 129 Å². The SMILES string of the molecule is CON(C1O[C@H](CO)[C@@H](O)[C@H](O)[C@H]1F)[C@H]1CC[C@@]2(C)C(CCC3C2CC[C@]2(C)[C@@H](C4=CC(=O)OC4)CC[C@]32O)C1. The summed E-state index contributed by atoms with van der Waals surface area (Å²) in [5, 5.41) is 43.9. The molecule has 0 aromatic carbocycles. The summed E-state index contributed by atoms with van der Waals surface area (Å²) in [6.07, 6.45) is 2.20. The van der Waals surface area contributed by atoms with E-state index in [1.54, 1.807) is 6.08 Å². The van der Waals surface area contributed by atoms with Crippen LogP contribution >= 0.6 is 0 Å². The molecule has 1 saturated heterocycles. The average molecular weight is 568 g/mol. The molecule has 40 heavy (non-hydrogen) atoms. The van der Waals surface area contributed by atoms with Gasteiger partial charge in [-0.05, 0) is 92.4 Å². The minimum atomic E-state index is -1.88. The van der Waals surface area contributed by atoms with Crippen molar-refractivity contribution in [3.05, 3.63) is 11.6 Å². The predicted molar refractivity (Wildman–Crippen MR) is 141 cm³/mol. The lowest BCUT2D eigenvalue weighted by Gasteiger charge is -2.64. The van der Waals surface area contributed by atoms with Crippen LogP contribution in [0.25, 0.3) is 0 Å². The van der Waals surface area contributed by atoms with Crippen molar-refractivity contribution in [3.63, 3.8) is 0 Å². The molecule has 0 radical (unpaired) electrons. The highest BCUT2D eigenvalue weighted by atomic mass is 19.1. The maximum absolute atomic E-state index is 15.2. The van der Waals surface area contributed by atoms with Gasteiger partial charge in [-0.1, -0.05) is 13.8 Å². The van der Waals surface area contributed by atoms with E-state index in [0.29, 0.717) is 18.4 Å². The molecule has 9 nitrogen and oxygen atoms in total. The molecule has 6 rings (SSSR count). The van der Waals surface area contributed by atoms with Gasteiger partial charge in [0.05, 0.1) is 19.3 Å². The van der Waals surface area contributed by atoms with Crippen molar-refractivity contribution < 1.29 is 43.9 Å². The Bertz CT molecular complexity index is 1030. The fourth-order valence-corrected chi connectivity index (χ4v) is 10.3. The smallest absolute Gasteiger partial charge is 0.331 e. The summed E-state index contributed by atoms with van der Waals surface area (Å²) in [7, 11) is 1.47. The van der Waals surface area contributed by atoms with Crippen LogP contribution in [0.1, 0.15) is 71.6 Å². The molecular weight excluding hydrogens is 521 g/mol. The molecule has 0 aromatic rings. The van der Waals surface area contributed by atoms with Crippen molar-refractivity contribution in [3.8, 4) is 0 Å². The molecule has 0 spiro atoms. The highest BCUT2D eigenvalue weighted by molar-refractivity contribution is 5.85. The van der Waals surface area contributed by atoms with Gasteiger partial charge >= 0.3 is 5.97 Å². The number of aliphatic hydroxyl groups excluding tert-OH is 3. The minimum absolute atomic E-state index is 0.0333. The molecule has 4 saturated carbocycles. The Labute approximate surface area is 235 Å². The number of esters is 1. The zero-order valence-electron chi connectivity index (χ0n) is 23.9. The van der Waals surface area contributed by atoms with E-state index < -0.39 is 42.9 Å². The summed E-state index contributed by atoms with van der Waals surface area (Å²) >= 11 is 0. The van der Waals surface area contributed by atoms with Crippen molar-refractivity contribution >= 4 is 5.97 Å². The van der Waals surface area contributed by atoms with Crippen molar-refractivity contribution in [2.24, 2.45) is 34.5 Å². The van der Waals surface area contributed by atoms with Crippen LogP contribution in [0.15, 0.2) is 11.6 Å². The Balaban J connectivity index is 1.19. The molecule has 4 N–H and O–H groups in total. The van der Waals surface area contributed by atoms with Crippen LogP contribution in [0.2, 0.25) is 0 Å². The van der Waals surface area contributed by atoms with Gasteiger partial charge in [0.15, 0.2) is 12.4 Å². The standard InChI is InChI=1S/C30H46FNO8/c1-28-9-6-18(32(38-3)27-24(31)26(36)25(35)22(14-33)40-27)13-17(28)4-5-21-20(28)7-10-29(2)19(8-11-30(21,29)37)16-12-23(34)39-15-16/h12,17-22,24-27,33,35-37H,4-11,13-15H2,1-3H3/t17?,18-,19+,20?,21?,22+,24+,25+,26+,27?,28-,29+,30-/m0/s1. The van der Waals surface area contributed by atoms with Crippen molar-refractivity contribution in [1.82, 2.24) is 5.06 Å². The summed E-state index contributed by atoms with van der Waals surface area (Å²) in [6, 6.07) is -0.135. The Morgan fingerprint density at radius 2 is 1.85 bits per heavy atom. The number of rotatable bonds is 5. The molecule has 0 aromatic heterocycles. The first-order chi connectivity index (χ1) is 19.0. The number of fused-ring (bicyclic) bond motifs is 5. The van der Waals surface area contributed by atoms with E-state index in [-0.39, 0.29) is 34.7 Å². The number of aliphatic hydroxyl groups is 4. The summed E-state index contributed by atoms with van der Waals surface area (Å²) in [6.45, 7) is 4.43. The van der Waals surface area contributed by atoms with E-state index in [1.807, 2.05) is 0 Å². The second-order valence-corrected chi connectivity index (χ2v) is 13.9. The number of alkyl halides is 1. The normalized spacial score (nSPS) is 52.5. The van der Waals surface area contributed by atoms with Crippen LogP contribution in [0.5, 0.6) is 0 Å². The molecule has 4 aliphatic carbocycles. The lowest BCUT2D eigenvalue weighted by Crippen LogP contribution is -2.65. The van der Waals surface area contributed by atoms with Gasteiger partial charge in [0.25, 0.3) is 0 Å². The monoisotopic (exact) mass is 567 g/mol. The number of hydrogen-bond acceptors (Lipinski definition) is 9. The lowest BCUT2D eigenvalue weighted by molar-refractivity contribution is -0.335. The second-order valence-electron chi connectivity index (χ2n) is 13.9. The maximum atomic E-state index is 15.2. The molecule has 10 heteroatoms. The summed E-state index contributed by atoms with van der Waals surface area (Å²) in [5.74, 6) is 0.843. The maximum Gasteiger partial charge on any atom is 0.331 e. The van der Waals surface area contributed by atoms with Crippen LogP contribution < -0.4 is 0 Å². The third-order valence-electron chi connectivity index (χ3n) is 12.6. The second kappa shape index (κ2) is 10.2. The van der Waals surface area contributed by atoms with Crippen LogP contribution in [0.3, 0.4) is 0 Å². The molecule has 2 heterocycles. The first-order valence-electron chi connectivity index (χ1n) is 15.2. The summed E-state index contributed by atoms with van der Waals surface area (Å²) in [5.41, 5.74) is 0.0270. The first-order valence-corrected chi connectivity index (χ1v) is 15.2. The Hall–Kier alpha value is -1.14. The van der Waals surface area contributed by atoms with E-state index in [0.717, 1.165) is 63.4 Å². The van der Waals surface area contributed by atoms with Crippen LogP contribution in [-0.2, 0) is 19.1 Å². The lowest BCUT2D eigenvalue weighted by atomic mass is 9.43. The van der Waals surface area contributed by atoms with Crippen molar-refractivity contribution in [1.29, 1.82) is 0 Å². The summed E-state index contributed by atoms with van der Waals surface area (Å²) in [4.78, 5) is 17.5. The highest BCUT2D eigenvalue weighted by Gasteiger charge is 2.68. The quantitative estimate of drug-likeness (QED) is 0.292. The first kappa shape index (κ1) is 29.0. The molecule has 226 valence electrons. The molecular formula is C30H46FNO8. The Morgan fingerprint density at radius 3 is 2.52 bits per heavy atom. The van der Waals surface area contributed by atoms with Gasteiger partial charge in [-0.3, -0.25) is 4.84 Å². The van der Waals surface area contributed by atoms with Gasteiger partial charge in [0.2, 0.25) is 0 Å². The minimum Gasteiger partial charge on any atom is -0.458 e. The van der Waals surface area contributed by atoms with E-state index in [9.17, 15) is 25.2 Å².